The van der Waals surface area contributed by atoms with Gasteiger partial charge in [-0.3, -0.25) is 0 Å². The Morgan fingerprint density at radius 2 is 2.00 bits per heavy atom. The van der Waals surface area contributed by atoms with Gasteiger partial charge in [-0.25, -0.2) is 4.98 Å². The van der Waals surface area contributed by atoms with Crippen molar-refractivity contribution in [3.05, 3.63) is 24.0 Å². The predicted octanol–water partition coefficient (Wildman–Crippen LogP) is 3.17. The average Bonchev–Trinajstić information content (AvgIpc) is 3.15. The third-order valence-electron chi connectivity index (χ3n) is 5.67. The number of rotatable bonds is 5. The Morgan fingerprint density at radius 1 is 1.18 bits per heavy atom. The largest absolute Gasteiger partial charge is 0.376 e. The van der Waals surface area contributed by atoms with Crippen molar-refractivity contribution in [3.8, 4) is 0 Å². The first kappa shape index (κ1) is 19.1. The summed E-state index contributed by atoms with van der Waals surface area (Å²) in [6.45, 7) is 8.91. The van der Waals surface area contributed by atoms with Crippen LogP contribution in [0, 0.1) is 12.8 Å². The smallest absolute Gasteiger partial charge is 0.229 e. The van der Waals surface area contributed by atoms with Crippen LogP contribution in [0.1, 0.15) is 57.2 Å². The van der Waals surface area contributed by atoms with Crippen LogP contribution < -0.4 is 10.2 Å². The summed E-state index contributed by atoms with van der Waals surface area (Å²) in [7, 11) is 0. The zero-order valence-electron chi connectivity index (χ0n) is 17.0. The first-order valence-corrected chi connectivity index (χ1v) is 10.4. The summed E-state index contributed by atoms with van der Waals surface area (Å²) in [6, 6.07) is 2.24. The van der Waals surface area contributed by atoms with Crippen molar-refractivity contribution < 1.29 is 9.26 Å². The monoisotopic (exact) mass is 386 g/mol. The summed E-state index contributed by atoms with van der Waals surface area (Å²) >= 11 is 0. The minimum Gasteiger partial charge on any atom is -0.376 e. The van der Waals surface area contributed by atoms with E-state index in [0.29, 0.717) is 23.7 Å². The molecule has 2 saturated heterocycles. The Morgan fingerprint density at radius 3 is 2.71 bits per heavy atom. The van der Waals surface area contributed by atoms with E-state index in [1.54, 1.807) is 0 Å². The van der Waals surface area contributed by atoms with Crippen molar-refractivity contribution in [1.82, 2.24) is 20.1 Å². The molecule has 2 fully saturated rings. The maximum Gasteiger partial charge on any atom is 0.229 e. The van der Waals surface area contributed by atoms with E-state index in [0.717, 1.165) is 63.0 Å². The van der Waals surface area contributed by atoms with Crippen LogP contribution in [-0.4, -0.2) is 52.0 Å². The summed E-state index contributed by atoms with van der Waals surface area (Å²) < 4.78 is 11.3. The van der Waals surface area contributed by atoms with E-state index in [-0.39, 0.29) is 6.10 Å². The molecule has 0 bridgehead atoms. The van der Waals surface area contributed by atoms with Crippen molar-refractivity contribution in [1.29, 1.82) is 0 Å². The first-order chi connectivity index (χ1) is 13.6. The molecule has 2 aromatic rings. The second-order valence-electron chi connectivity index (χ2n) is 8.16. The molecule has 1 N–H and O–H groups in total. The molecule has 2 aliphatic rings. The Bertz CT molecular complexity index is 772. The lowest BCUT2D eigenvalue weighted by Gasteiger charge is -2.35. The lowest BCUT2D eigenvalue weighted by molar-refractivity contribution is -0.0203. The number of aromatic nitrogens is 4. The molecule has 2 aliphatic heterocycles. The maximum atomic E-state index is 5.99. The van der Waals surface area contributed by atoms with Crippen molar-refractivity contribution in [2.24, 2.45) is 5.92 Å². The molecule has 0 unspecified atom stereocenters. The number of hydrogen-bond acceptors (Lipinski definition) is 8. The quantitative estimate of drug-likeness (QED) is 0.838. The molecule has 4 rings (SSSR count). The minimum atomic E-state index is 0.223. The van der Waals surface area contributed by atoms with Gasteiger partial charge >= 0.3 is 0 Å². The van der Waals surface area contributed by atoms with Crippen LogP contribution in [0.3, 0.4) is 0 Å². The molecule has 28 heavy (non-hydrogen) atoms. The van der Waals surface area contributed by atoms with E-state index >= 15 is 0 Å². The van der Waals surface area contributed by atoms with Gasteiger partial charge < -0.3 is 19.5 Å². The summed E-state index contributed by atoms with van der Waals surface area (Å²) in [4.78, 5) is 15.9. The molecule has 4 heterocycles. The van der Waals surface area contributed by atoms with Gasteiger partial charge in [0, 0.05) is 31.8 Å². The number of nitrogens with one attached hydrogen (secondary N) is 1. The van der Waals surface area contributed by atoms with E-state index in [1.165, 1.54) is 0 Å². The van der Waals surface area contributed by atoms with Crippen molar-refractivity contribution >= 4 is 11.8 Å². The highest BCUT2D eigenvalue weighted by Crippen LogP contribution is 2.29. The molecule has 2 atom stereocenters. The summed E-state index contributed by atoms with van der Waals surface area (Å²) in [5.41, 5.74) is 0. The first-order valence-electron chi connectivity index (χ1n) is 10.4. The van der Waals surface area contributed by atoms with E-state index in [1.807, 2.05) is 19.2 Å². The van der Waals surface area contributed by atoms with Gasteiger partial charge in [0.05, 0.1) is 12.1 Å². The third kappa shape index (κ3) is 4.27. The van der Waals surface area contributed by atoms with Crippen LogP contribution >= 0.6 is 0 Å². The molecule has 2 aromatic heterocycles. The number of ether oxygens (including phenoxy) is 1. The fourth-order valence-corrected chi connectivity index (χ4v) is 4.19. The molecular weight excluding hydrogens is 356 g/mol. The number of nitrogens with zero attached hydrogens (tertiary/aromatic N) is 5. The fraction of sp³-hybridized carbons (Fsp3) is 0.700. The molecule has 8 nitrogen and oxygen atoms in total. The van der Waals surface area contributed by atoms with Gasteiger partial charge in [0.2, 0.25) is 11.8 Å². The maximum absolute atomic E-state index is 5.99. The van der Waals surface area contributed by atoms with E-state index in [4.69, 9.17) is 14.2 Å². The SMILES string of the molecule is Cc1noc(C2CCN(c3nccc(N[C@H]4CCCO[C@@H]4C(C)C)n3)CC2)n1. The molecule has 0 aromatic carbocycles. The fourth-order valence-electron chi connectivity index (χ4n) is 4.19. The zero-order valence-corrected chi connectivity index (χ0v) is 17.0. The van der Waals surface area contributed by atoms with E-state index in [9.17, 15) is 0 Å². The normalized spacial score (nSPS) is 23.9. The van der Waals surface area contributed by atoms with Crippen molar-refractivity contribution in [2.45, 2.75) is 64.5 Å². The molecule has 0 spiro atoms. The molecule has 0 amide bonds. The second-order valence-corrected chi connectivity index (χ2v) is 8.16. The standard InChI is InChI=1S/C20H30N6O2/c1-13(2)18-16(5-4-12-27-18)23-17-6-9-21-20(24-17)26-10-7-15(8-11-26)19-22-14(3)25-28-19/h6,9,13,15-16,18H,4-5,7-8,10-12H2,1-3H3,(H,21,23,24)/t16-,18+/m0/s1. The van der Waals surface area contributed by atoms with E-state index in [2.05, 4.69) is 39.2 Å². The number of hydrogen-bond donors (Lipinski definition) is 1. The van der Waals surface area contributed by atoms with Crippen LogP contribution in [0.25, 0.3) is 0 Å². The van der Waals surface area contributed by atoms with Crippen LogP contribution in [0.15, 0.2) is 16.8 Å². The highest BCUT2D eigenvalue weighted by molar-refractivity contribution is 5.42. The lowest BCUT2D eigenvalue weighted by Crippen LogP contribution is -2.43. The van der Waals surface area contributed by atoms with Gasteiger partial charge in [-0.05, 0) is 44.6 Å². The molecule has 0 radical (unpaired) electrons. The molecular formula is C20H30N6O2. The van der Waals surface area contributed by atoms with Crippen LogP contribution in [0.2, 0.25) is 0 Å². The topological polar surface area (TPSA) is 89.2 Å². The zero-order chi connectivity index (χ0) is 19.5. The minimum absolute atomic E-state index is 0.223. The summed E-state index contributed by atoms with van der Waals surface area (Å²) in [5.74, 6) is 3.91. The lowest BCUT2D eigenvalue weighted by atomic mass is 9.94. The van der Waals surface area contributed by atoms with Gasteiger partial charge in [0.1, 0.15) is 5.82 Å². The number of aryl methyl sites for hydroxylation is 1. The Balaban J connectivity index is 1.39. The predicted molar refractivity (Wildman–Crippen MR) is 106 cm³/mol. The second kappa shape index (κ2) is 8.43. The van der Waals surface area contributed by atoms with Gasteiger partial charge in [0.25, 0.3) is 0 Å². The van der Waals surface area contributed by atoms with Crippen molar-refractivity contribution in [3.63, 3.8) is 0 Å². The van der Waals surface area contributed by atoms with E-state index < -0.39 is 0 Å². The Hall–Kier alpha value is -2.22. The Labute approximate surface area is 166 Å². The Kier molecular flexibility index (Phi) is 5.75. The summed E-state index contributed by atoms with van der Waals surface area (Å²) in [5, 5.41) is 7.50. The van der Waals surface area contributed by atoms with Crippen LogP contribution in [0.4, 0.5) is 11.8 Å². The highest BCUT2D eigenvalue weighted by Gasteiger charge is 2.29. The molecule has 8 heteroatoms. The van der Waals surface area contributed by atoms with Crippen molar-refractivity contribution in [2.75, 3.05) is 29.9 Å². The number of anilines is 2. The highest BCUT2D eigenvalue weighted by atomic mass is 16.5. The molecule has 0 saturated carbocycles. The molecule has 152 valence electrons. The number of piperidine rings is 1. The third-order valence-corrected chi connectivity index (χ3v) is 5.67. The van der Waals surface area contributed by atoms with Crippen LogP contribution in [0.5, 0.6) is 0 Å². The van der Waals surface area contributed by atoms with Crippen LogP contribution in [-0.2, 0) is 4.74 Å². The molecule has 0 aliphatic carbocycles. The van der Waals surface area contributed by atoms with Gasteiger partial charge in [0.15, 0.2) is 5.82 Å². The van der Waals surface area contributed by atoms with Gasteiger partial charge in [-0.15, -0.1) is 0 Å². The average molecular weight is 387 g/mol. The van der Waals surface area contributed by atoms with Gasteiger partial charge in [-0.1, -0.05) is 19.0 Å². The van der Waals surface area contributed by atoms with Gasteiger partial charge in [-0.2, -0.15) is 9.97 Å². The summed E-state index contributed by atoms with van der Waals surface area (Å²) in [6.07, 6.45) is 6.19.